The molecule has 1 heterocycles. The average Bonchev–Trinajstić information content (AvgIpc) is 2.54. The van der Waals surface area contributed by atoms with E-state index in [0.717, 1.165) is 11.8 Å². The first kappa shape index (κ1) is 15.8. The van der Waals surface area contributed by atoms with E-state index in [1.165, 1.54) is 13.3 Å². The van der Waals surface area contributed by atoms with Gasteiger partial charge in [0.1, 0.15) is 0 Å². The highest BCUT2D eigenvalue weighted by atomic mass is 32.2. The first-order valence-corrected chi connectivity index (χ1v) is 7.38. The number of anilines is 1. The van der Waals surface area contributed by atoms with Crippen molar-refractivity contribution in [3.05, 3.63) is 59.4 Å². The zero-order valence-electron chi connectivity index (χ0n) is 11.8. The van der Waals surface area contributed by atoms with E-state index in [1.807, 2.05) is 0 Å². The van der Waals surface area contributed by atoms with Gasteiger partial charge in [0.2, 0.25) is 5.91 Å². The highest BCUT2D eigenvalue weighted by Gasteiger charge is 2.14. The lowest BCUT2D eigenvalue weighted by molar-refractivity contribution is -0.645. The molecule has 0 aliphatic carbocycles. The summed E-state index contributed by atoms with van der Waals surface area (Å²) in [4.78, 5) is 23.6. The lowest BCUT2D eigenvalue weighted by atomic mass is 10.2. The van der Waals surface area contributed by atoms with Gasteiger partial charge >= 0.3 is 5.97 Å². The molecule has 0 atom stereocenters. The Morgan fingerprint density at radius 1 is 1.23 bits per heavy atom. The molecule has 0 spiro atoms. The van der Waals surface area contributed by atoms with Crippen LogP contribution in [0.2, 0.25) is 0 Å². The van der Waals surface area contributed by atoms with Gasteiger partial charge in [-0.15, -0.1) is 0 Å². The van der Waals surface area contributed by atoms with Crippen molar-refractivity contribution >= 4 is 29.3 Å². The van der Waals surface area contributed by atoms with Crippen LogP contribution < -0.4 is 10.0 Å². The molecule has 0 unspecified atom stereocenters. The summed E-state index contributed by atoms with van der Waals surface area (Å²) in [7, 11) is 1.28. The molecule has 0 saturated carbocycles. The van der Waals surface area contributed by atoms with Crippen LogP contribution in [0.1, 0.15) is 10.4 Å². The number of hydrogen-bond acceptors (Lipinski definition) is 5. The lowest BCUT2D eigenvalue weighted by Crippen LogP contribution is -2.28. The number of esters is 1. The third-order valence-corrected chi connectivity index (χ3v) is 3.76. The lowest BCUT2D eigenvalue weighted by Gasteiger charge is -2.09. The number of amides is 1. The minimum atomic E-state index is -0.524. The summed E-state index contributed by atoms with van der Waals surface area (Å²) in [5.41, 5.74) is 0.657. The predicted molar refractivity (Wildman–Crippen MR) is 82.5 cm³/mol. The first-order valence-electron chi connectivity index (χ1n) is 6.40. The van der Waals surface area contributed by atoms with Crippen molar-refractivity contribution in [3.63, 3.8) is 0 Å². The number of thioether (sulfide) groups is 1. The highest BCUT2D eigenvalue weighted by molar-refractivity contribution is 7.99. The van der Waals surface area contributed by atoms with Crippen molar-refractivity contribution in [1.82, 2.24) is 0 Å². The van der Waals surface area contributed by atoms with Gasteiger partial charge in [0, 0.05) is 12.1 Å². The van der Waals surface area contributed by atoms with Gasteiger partial charge in [0.05, 0.1) is 24.1 Å². The van der Waals surface area contributed by atoms with Gasteiger partial charge < -0.3 is 15.3 Å². The molecule has 0 fully saturated rings. The van der Waals surface area contributed by atoms with Crippen LogP contribution in [0, 0.1) is 5.21 Å². The Bertz CT molecular complexity index is 691. The topological polar surface area (TPSA) is 82.3 Å². The summed E-state index contributed by atoms with van der Waals surface area (Å²) in [5.74, 6) is -0.781. The number of aromatic nitrogens is 1. The SMILES string of the molecule is COC(=O)c1ccccc1NC(=O)CSc1cccc[n+]1[O-]. The molecule has 2 aromatic rings. The van der Waals surface area contributed by atoms with Crippen LogP contribution in [0.25, 0.3) is 0 Å². The predicted octanol–water partition coefficient (Wildman–Crippen LogP) is 1.84. The molecule has 1 N–H and O–H groups in total. The number of carbonyl (C=O) groups is 2. The quantitative estimate of drug-likeness (QED) is 0.394. The van der Waals surface area contributed by atoms with Gasteiger partial charge in [-0.05, 0) is 30.0 Å². The third-order valence-electron chi connectivity index (χ3n) is 2.75. The molecule has 0 aliphatic rings. The molecule has 0 aliphatic heterocycles. The van der Waals surface area contributed by atoms with Gasteiger partial charge in [-0.2, -0.15) is 4.73 Å². The Labute approximate surface area is 131 Å². The Morgan fingerprint density at radius 2 is 1.95 bits per heavy atom. The fraction of sp³-hybridized carbons (Fsp3) is 0.133. The maximum absolute atomic E-state index is 12.0. The molecule has 1 aromatic heterocycles. The van der Waals surface area contributed by atoms with Crippen molar-refractivity contribution in [1.29, 1.82) is 0 Å². The first-order chi connectivity index (χ1) is 10.6. The number of nitrogens with zero attached hydrogens (tertiary/aromatic N) is 1. The summed E-state index contributed by atoms with van der Waals surface area (Å²) in [6, 6.07) is 11.5. The summed E-state index contributed by atoms with van der Waals surface area (Å²) in [6.07, 6.45) is 1.37. The van der Waals surface area contributed by atoms with E-state index in [0.29, 0.717) is 15.4 Å². The van der Waals surface area contributed by atoms with Crippen LogP contribution >= 0.6 is 11.8 Å². The number of methoxy groups -OCH3 is 1. The number of rotatable bonds is 5. The van der Waals surface area contributed by atoms with Gasteiger partial charge in [0.15, 0.2) is 6.20 Å². The largest absolute Gasteiger partial charge is 0.618 e. The molecule has 22 heavy (non-hydrogen) atoms. The van der Waals surface area contributed by atoms with E-state index in [1.54, 1.807) is 42.5 Å². The summed E-state index contributed by atoms with van der Waals surface area (Å²) in [5, 5.41) is 14.5. The second-order valence-corrected chi connectivity index (χ2v) is 5.23. The number of hydrogen-bond donors (Lipinski definition) is 1. The van der Waals surface area contributed by atoms with E-state index >= 15 is 0 Å². The zero-order valence-corrected chi connectivity index (χ0v) is 12.6. The normalized spacial score (nSPS) is 10.0. The van der Waals surface area contributed by atoms with Crippen LogP contribution in [0.4, 0.5) is 5.69 Å². The third kappa shape index (κ3) is 3.98. The summed E-state index contributed by atoms with van der Waals surface area (Å²) in [6.45, 7) is 0. The Balaban J connectivity index is 2.01. The Kier molecular flexibility index (Phi) is 5.37. The fourth-order valence-electron chi connectivity index (χ4n) is 1.73. The van der Waals surface area contributed by atoms with Gasteiger partial charge in [-0.3, -0.25) is 4.79 Å². The van der Waals surface area contributed by atoms with Crippen LogP contribution in [0.3, 0.4) is 0 Å². The molecular weight excluding hydrogens is 304 g/mol. The van der Waals surface area contributed by atoms with Crippen LogP contribution in [0.15, 0.2) is 53.7 Å². The second kappa shape index (κ2) is 7.46. The van der Waals surface area contributed by atoms with Crippen LogP contribution in [-0.2, 0) is 9.53 Å². The van der Waals surface area contributed by atoms with E-state index in [4.69, 9.17) is 0 Å². The number of ether oxygens (including phenoxy) is 1. The summed E-state index contributed by atoms with van der Waals surface area (Å²) >= 11 is 1.12. The molecule has 0 saturated heterocycles. The number of para-hydroxylation sites is 1. The van der Waals surface area contributed by atoms with E-state index in [2.05, 4.69) is 10.1 Å². The summed E-state index contributed by atoms with van der Waals surface area (Å²) < 4.78 is 5.36. The van der Waals surface area contributed by atoms with E-state index < -0.39 is 5.97 Å². The Morgan fingerprint density at radius 3 is 2.68 bits per heavy atom. The van der Waals surface area contributed by atoms with Crippen molar-refractivity contribution in [3.8, 4) is 0 Å². The molecule has 2 rings (SSSR count). The average molecular weight is 318 g/mol. The molecule has 1 aromatic carbocycles. The maximum Gasteiger partial charge on any atom is 0.339 e. The molecule has 114 valence electrons. The molecule has 6 nitrogen and oxygen atoms in total. The van der Waals surface area contributed by atoms with Crippen LogP contribution in [-0.4, -0.2) is 24.7 Å². The van der Waals surface area contributed by atoms with Crippen molar-refractivity contribution in [2.75, 3.05) is 18.2 Å². The highest BCUT2D eigenvalue weighted by Crippen LogP contribution is 2.18. The number of carbonyl (C=O) groups excluding carboxylic acids is 2. The monoisotopic (exact) mass is 318 g/mol. The van der Waals surface area contributed by atoms with Crippen molar-refractivity contribution in [2.45, 2.75) is 5.03 Å². The smallest absolute Gasteiger partial charge is 0.339 e. The molecule has 1 amide bonds. The van der Waals surface area contributed by atoms with Crippen molar-refractivity contribution in [2.24, 2.45) is 0 Å². The minimum Gasteiger partial charge on any atom is -0.618 e. The second-order valence-electron chi connectivity index (χ2n) is 4.24. The molecular formula is C15H14N2O4S. The fourth-order valence-corrected chi connectivity index (χ4v) is 2.44. The van der Waals surface area contributed by atoms with Gasteiger partial charge in [0.25, 0.3) is 5.03 Å². The van der Waals surface area contributed by atoms with Gasteiger partial charge in [-0.25, -0.2) is 4.79 Å². The van der Waals surface area contributed by atoms with Crippen LogP contribution in [0.5, 0.6) is 0 Å². The minimum absolute atomic E-state index is 0.0573. The number of nitrogens with one attached hydrogen (secondary N) is 1. The zero-order chi connectivity index (χ0) is 15.9. The Hall–Kier alpha value is -2.54. The maximum atomic E-state index is 12.0. The van der Waals surface area contributed by atoms with E-state index in [-0.39, 0.29) is 17.2 Å². The van der Waals surface area contributed by atoms with Crippen molar-refractivity contribution < 1.29 is 19.1 Å². The standard InChI is InChI=1S/C15H14N2O4S/c1-21-15(19)11-6-2-3-7-12(11)16-13(18)10-22-14-8-4-5-9-17(14)20/h2-9H,10H2,1H3,(H,16,18). The number of pyridine rings is 1. The molecule has 0 radical (unpaired) electrons. The van der Waals surface area contributed by atoms with Gasteiger partial charge in [-0.1, -0.05) is 12.1 Å². The molecule has 7 heteroatoms. The molecule has 0 bridgehead atoms. The van der Waals surface area contributed by atoms with E-state index in [9.17, 15) is 14.8 Å². The number of benzene rings is 1.